The van der Waals surface area contributed by atoms with Crippen LogP contribution in [0.5, 0.6) is 11.5 Å². The number of fused-ring (bicyclic) bond motifs is 2. The summed E-state index contributed by atoms with van der Waals surface area (Å²) in [6.07, 6.45) is 3.88. The Balaban J connectivity index is 1.47. The molecule has 5 aromatic rings. The van der Waals surface area contributed by atoms with Gasteiger partial charge in [0.1, 0.15) is 23.4 Å². The summed E-state index contributed by atoms with van der Waals surface area (Å²) in [7, 11) is 3.62. The van der Waals surface area contributed by atoms with Crippen LogP contribution in [0.2, 0.25) is 0 Å². The highest BCUT2D eigenvalue weighted by molar-refractivity contribution is 6.00. The van der Waals surface area contributed by atoms with Gasteiger partial charge in [-0.05, 0) is 83.5 Å². The SMILES string of the molecule is COc1ccc(F)c(-c2ccc3c(c2-c2cccc4ccn(C)c24)CC[C@H]3Oc2cccc(CC(C)C(=O)O)c2)c1. The van der Waals surface area contributed by atoms with Crippen molar-refractivity contribution >= 4 is 16.9 Å². The number of rotatable bonds is 8. The molecule has 1 N–H and O–H groups in total. The number of nitrogens with zero attached hydrogens (tertiary/aromatic N) is 1. The molecule has 1 unspecified atom stereocenters. The Bertz CT molecular complexity index is 1770. The number of benzene rings is 4. The molecule has 5 nitrogen and oxygen atoms in total. The zero-order valence-corrected chi connectivity index (χ0v) is 23.4. The number of hydrogen-bond donors (Lipinski definition) is 1. The highest BCUT2D eigenvalue weighted by Crippen LogP contribution is 2.47. The maximum absolute atomic E-state index is 15.4. The molecule has 2 atom stereocenters. The number of carbonyl (C=O) groups is 1. The quantitative estimate of drug-likeness (QED) is 0.213. The van der Waals surface area contributed by atoms with Crippen molar-refractivity contribution < 1.29 is 23.8 Å². The van der Waals surface area contributed by atoms with Crippen LogP contribution < -0.4 is 9.47 Å². The lowest BCUT2D eigenvalue weighted by Gasteiger charge is -2.20. The summed E-state index contributed by atoms with van der Waals surface area (Å²) in [4.78, 5) is 11.4. The minimum Gasteiger partial charge on any atom is -0.497 e. The van der Waals surface area contributed by atoms with Gasteiger partial charge >= 0.3 is 5.97 Å². The fraction of sp³-hybridized carbons (Fsp3) is 0.229. The average molecular weight is 550 g/mol. The topological polar surface area (TPSA) is 60.7 Å². The van der Waals surface area contributed by atoms with Gasteiger partial charge < -0.3 is 19.1 Å². The molecule has 0 fully saturated rings. The molecule has 1 heterocycles. The predicted molar refractivity (Wildman–Crippen MR) is 159 cm³/mol. The number of hydrogen-bond acceptors (Lipinski definition) is 3. The van der Waals surface area contributed by atoms with Crippen molar-refractivity contribution in [1.29, 1.82) is 0 Å². The molecule has 1 aromatic heterocycles. The summed E-state index contributed by atoms with van der Waals surface area (Å²) in [6, 6.07) is 25.0. The van der Waals surface area contributed by atoms with Gasteiger partial charge in [0.15, 0.2) is 0 Å². The molecule has 0 radical (unpaired) electrons. The minimum absolute atomic E-state index is 0.173. The summed E-state index contributed by atoms with van der Waals surface area (Å²) in [5.41, 5.74) is 7.64. The number of carboxylic acids is 1. The monoisotopic (exact) mass is 549 g/mol. The first kappa shape index (κ1) is 26.6. The van der Waals surface area contributed by atoms with E-state index >= 15 is 4.39 Å². The van der Waals surface area contributed by atoms with Gasteiger partial charge in [0.05, 0.1) is 18.5 Å². The van der Waals surface area contributed by atoms with E-state index in [4.69, 9.17) is 9.47 Å². The lowest BCUT2D eigenvalue weighted by atomic mass is 9.87. The van der Waals surface area contributed by atoms with Gasteiger partial charge in [0.2, 0.25) is 0 Å². The van der Waals surface area contributed by atoms with Crippen molar-refractivity contribution in [2.45, 2.75) is 32.3 Å². The Morgan fingerprint density at radius 3 is 2.63 bits per heavy atom. The second kappa shape index (κ2) is 10.8. The Morgan fingerprint density at radius 2 is 1.83 bits per heavy atom. The van der Waals surface area contributed by atoms with Crippen molar-refractivity contribution in [2.75, 3.05) is 7.11 Å². The number of ether oxygens (including phenoxy) is 2. The first-order valence-electron chi connectivity index (χ1n) is 13.9. The second-order valence-corrected chi connectivity index (χ2v) is 10.8. The van der Waals surface area contributed by atoms with E-state index in [0.29, 0.717) is 23.5 Å². The van der Waals surface area contributed by atoms with Crippen LogP contribution in [0.1, 0.15) is 36.1 Å². The zero-order chi connectivity index (χ0) is 28.7. The number of carboxylic acid groups (broad SMARTS) is 1. The molecule has 0 saturated carbocycles. The number of para-hydroxylation sites is 1. The molecule has 0 aliphatic heterocycles. The van der Waals surface area contributed by atoms with Gasteiger partial charge in [-0.3, -0.25) is 4.79 Å². The number of aryl methyl sites for hydroxylation is 1. The largest absolute Gasteiger partial charge is 0.497 e. The maximum atomic E-state index is 15.4. The number of halogens is 1. The van der Waals surface area contributed by atoms with Gasteiger partial charge in [-0.2, -0.15) is 0 Å². The Hall–Kier alpha value is -4.58. The van der Waals surface area contributed by atoms with E-state index in [1.807, 2.05) is 43.6 Å². The summed E-state index contributed by atoms with van der Waals surface area (Å²) >= 11 is 0. The van der Waals surface area contributed by atoms with Crippen LogP contribution in [0.25, 0.3) is 33.2 Å². The molecule has 0 spiro atoms. The van der Waals surface area contributed by atoms with Crippen LogP contribution in [0, 0.1) is 11.7 Å². The van der Waals surface area contributed by atoms with Gasteiger partial charge in [-0.25, -0.2) is 4.39 Å². The molecular weight excluding hydrogens is 517 g/mol. The third-order valence-electron chi connectivity index (χ3n) is 8.12. The van der Waals surface area contributed by atoms with Crippen LogP contribution in [-0.4, -0.2) is 22.8 Å². The smallest absolute Gasteiger partial charge is 0.306 e. The first-order valence-corrected chi connectivity index (χ1v) is 13.9. The van der Waals surface area contributed by atoms with Crippen LogP contribution in [0.3, 0.4) is 0 Å². The normalized spacial score (nSPS) is 15.1. The molecule has 6 rings (SSSR count). The maximum Gasteiger partial charge on any atom is 0.306 e. The lowest BCUT2D eigenvalue weighted by molar-refractivity contribution is -0.141. The second-order valence-electron chi connectivity index (χ2n) is 10.8. The highest BCUT2D eigenvalue weighted by Gasteiger charge is 2.30. The van der Waals surface area contributed by atoms with Crippen LogP contribution in [-0.2, 0) is 24.7 Å². The Kier molecular flexibility index (Phi) is 7.00. The minimum atomic E-state index is -0.815. The third-order valence-corrected chi connectivity index (χ3v) is 8.12. The van der Waals surface area contributed by atoms with Gasteiger partial charge in [-0.1, -0.05) is 49.4 Å². The van der Waals surface area contributed by atoms with E-state index in [1.54, 1.807) is 26.2 Å². The summed E-state index contributed by atoms with van der Waals surface area (Å²) in [6.45, 7) is 1.71. The number of aliphatic carboxylic acids is 1. The van der Waals surface area contributed by atoms with Crippen LogP contribution >= 0.6 is 0 Å². The van der Waals surface area contributed by atoms with Crippen molar-refractivity contribution in [2.24, 2.45) is 13.0 Å². The van der Waals surface area contributed by atoms with E-state index in [2.05, 4.69) is 34.9 Å². The first-order chi connectivity index (χ1) is 19.8. The lowest BCUT2D eigenvalue weighted by Crippen LogP contribution is -2.12. The van der Waals surface area contributed by atoms with E-state index in [1.165, 1.54) is 6.07 Å². The van der Waals surface area contributed by atoms with Gasteiger partial charge in [-0.15, -0.1) is 0 Å². The molecule has 0 bridgehead atoms. The average Bonchev–Trinajstić information content (AvgIpc) is 3.56. The van der Waals surface area contributed by atoms with Crippen molar-refractivity contribution in [3.05, 3.63) is 108 Å². The van der Waals surface area contributed by atoms with E-state index < -0.39 is 11.9 Å². The highest BCUT2D eigenvalue weighted by atomic mass is 19.1. The van der Waals surface area contributed by atoms with Crippen LogP contribution in [0.15, 0.2) is 85.1 Å². The zero-order valence-electron chi connectivity index (χ0n) is 23.4. The van der Waals surface area contributed by atoms with E-state index in [-0.39, 0.29) is 11.9 Å². The van der Waals surface area contributed by atoms with Crippen molar-refractivity contribution in [3.8, 4) is 33.8 Å². The van der Waals surface area contributed by atoms with E-state index in [9.17, 15) is 9.90 Å². The number of methoxy groups -OCH3 is 1. The molecule has 0 saturated heterocycles. The fourth-order valence-corrected chi connectivity index (χ4v) is 6.07. The van der Waals surface area contributed by atoms with E-state index in [0.717, 1.165) is 57.1 Å². The molecule has 4 aromatic carbocycles. The standard InChI is InChI=1S/C35H32FNO4/c1-21(35(38)39)18-22-6-4-8-25(19-22)41-32-15-13-27-26(32)11-12-28(30-20-24(40-3)10-14-31(30)36)33(27)29-9-5-7-23-16-17-37(2)34(23)29/h4-12,14,16-17,19-21,32H,13,15,18H2,1-3H3,(H,38,39)/t21?,32-/m1/s1. The summed E-state index contributed by atoms with van der Waals surface area (Å²) in [5, 5.41) is 10.5. The van der Waals surface area contributed by atoms with Crippen molar-refractivity contribution in [1.82, 2.24) is 4.57 Å². The molecule has 1 aliphatic carbocycles. The number of aromatic nitrogens is 1. The van der Waals surface area contributed by atoms with Gasteiger partial charge in [0.25, 0.3) is 0 Å². The fourth-order valence-electron chi connectivity index (χ4n) is 6.07. The Labute approximate surface area is 238 Å². The predicted octanol–water partition coefficient (Wildman–Crippen LogP) is 7.99. The molecule has 41 heavy (non-hydrogen) atoms. The molecule has 1 aliphatic rings. The van der Waals surface area contributed by atoms with Gasteiger partial charge in [0, 0.05) is 29.8 Å². The van der Waals surface area contributed by atoms with Crippen molar-refractivity contribution in [3.63, 3.8) is 0 Å². The molecular formula is C35H32FNO4. The molecule has 0 amide bonds. The van der Waals surface area contributed by atoms with Crippen LogP contribution in [0.4, 0.5) is 4.39 Å². The summed E-state index contributed by atoms with van der Waals surface area (Å²) < 4.78 is 29.5. The summed E-state index contributed by atoms with van der Waals surface area (Å²) in [5.74, 6) is -0.278. The molecule has 208 valence electrons. The molecule has 6 heteroatoms. The third kappa shape index (κ3) is 4.95. The Morgan fingerprint density at radius 1 is 1.00 bits per heavy atom.